The summed E-state index contributed by atoms with van der Waals surface area (Å²) in [4.78, 5) is 13.2. The van der Waals surface area contributed by atoms with Gasteiger partial charge in [0.1, 0.15) is 0 Å². The lowest BCUT2D eigenvalue weighted by Gasteiger charge is -2.20. The molecule has 1 N–H and O–H groups in total. The van der Waals surface area contributed by atoms with Gasteiger partial charge in [-0.1, -0.05) is 0 Å². The molecule has 1 aromatic carbocycles. The number of likely N-dealkylation sites (N-methyl/N-ethyl adjacent to an activating group) is 1. The first kappa shape index (κ1) is 17.8. The van der Waals surface area contributed by atoms with Gasteiger partial charge in [0.05, 0.1) is 23.5 Å². The largest absolute Gasteiger partial charge is 0.418 e. The van der Waals surface area contributed by atoms with Crippen LogP contribution >= 0.6 is 0 Å². The first-order valence-corrected chi connectivity index (χ1v) is 7.05. The van der Waals surface area contributed by atoms with Gasteiger partial charge in [0.2, 0.25) is 0 Å². The van der Waals surface area contributed by atoms with Gasteiger partial charge in [-0.2, -0.15) is 18.3 Å². The molecule has 6 nitrogen and oxygen atoms in total. The van der Waals surface area contributed by atoms with Gasteiger partial charge in [0.15, 0.2) is 0 Å². The monoisotopic (exact) mass is 342 g/mol. The lowest BCUT2D eigenvalue weighted by atomic mass is 10.1. The Bertz CT molecular complexity index is 687. The number of alkyl halides is 3. The molecule has 0 aliphatic carbocycles. The van der Waals surface area contributed by atoms with E-state index in [9.17, 15) is 18.0 Å². The van der Waals surface area contributed by atoms with Crippen LogP contribution in [0.25, 0.3) is 5.69 Å². The molecule has 0 aliphatic rings. The van der Waals surface area contributed by atoms with Gasteiger partial charge in [0.25, 0.3) is 0 Å². The van der Waals surface area contributed by atoms with Crippen LogP contribution < -0.4 is 5.32 Å². The minimum absolute atomic E-state index is 0.248. The summed E-state index contributed by atoms with van der Waals surface area (Å²) in [5.74, 6) is 0. The third-order valence-corrected chi connectivity index (χ3v) is 3.30. The number of nitrogens with one attached hydrogen (secondary N) is 1. The van der Waals surface area contributed by atoms with E-state index in [1.54, 1.807) is 6.07 Å². The van der Waals surface area contributed by atoms with Crippen molar-refractivity contribution in [2.45, 2.75) is 6.18 Å². The Balaban J connectivity index is 2.27. The maximum atomic E-state index is 13.3. The van der Waals surface area contributed by atoms with Crippen molar-refractivity contribution in [2.75, 3.05) is 32.6 Å². The second kappa shape index (κ2) is 7.35. The van der Waals surface area contributed by atoms with Gasteiger partial charge < -0.3 is 15.0 Å². The van der Waals surface area contributed by atoms with E-state index in [-0.39, 0.29) is 24.5 Å². The van der Waals surface area contributed by atoms with E-state index in [0.717, 1.165) is 6.07 Å². The van der Waals surface area contributed by atoms with E-state index in [1.807, 2.05) is 0 Å². The maximum Gasteiger partial charge on any atom is 0.418 e. The third kappa shape index (κ3) is 4.25. The van der Waals surface area contributed by atoms with Crippen molar-refractivity contribution in [1.29, 1.82) is 0 Å². The van der Waals surface area contributed by atoms with E-state index < -0.39 is 17.8 Å². The molecule has 130 valence electrons. The van der Waals surface area contributed by atoms with Crippen LogP contribution in [-0.2, 0) is 10.9 Å². The molecule has 0 bridgehead atoms. The molecule has 0 spiro atoms. The highest BCUT2D eigenvalue weighted by atomic mass is 19.4. The molecule has 9 heteroatoms. The molecular formula is C15H17F3N4O2. The number of urea groups is 1. The summed E-state index contributed by atoms with van der Waals surface area (Å²) in [6.45, 7) is 0.545. The Labute approximate surface area is 136 Å². The van der Waals surface area contributed by atoms with E-state index in [4.69, 9.17) is 4.74 Å². The fourth-order valence-electron chi connectivity index (χ4n) is 1.98. The molecule has 0 saturated heterocycles. The van der Waals surface area contributed by atoms with Crippen molar-refractivity contribution in [3.05, 3.63) is 42.2 Å². The number of carbonyl (C=O) groups is 1. The minimum atomic E-state index is -4.61. The molecule has 2 rings (SSSR count). The molecule has 2 amide bonds. The molecule has 2 aromatic rings. The normalized spacial score (nSPS) is 11.4. The summed E-state index contributed by atoms with van der Waals surface area (Å²) in [6.07, 6.45) is -1.61. The highest BCUT2D eigenvalue weighted by Crippen LogP contribution is 2.36. The third-order valence-electron chi connectivity index (χ3n) is 3.30. The first-order valence-electron chi connectivity index (χ1n) is 7.05. The molecule has 0 saturated carbocycles. The standard InChI is InChI=1S/C15H17F3N4O2/c1-21(8-9-24-2)14(23)20-13-5-4-11(22-7-3-6-19-22)10-12(13)15(16,17)18/h3-7,10H,8-9H2,1-2H3,(H,20,23). The van der Waals surface area contributed by atoms with Crippen LogP contribution in [0.3, 0.4) is 0 Å². The summed E-state index contributed by atoms with van der Waals surface area (Å²) in [6, 6.07) is 4.56. The molecule has 0 fully saturated rings. The van der Waals surface area contributed by atoms with Gasteiger partial charge in [-0.3, -0.25) is 0 Å². The van der Waals surface area contributed by atoms with Crippen LogP contribution in [0, 0.1) is 0 Å². The van der Waals surface area contributed by atoms with Crippen LogP contribution in [0.2, 0.25) is 0 Å². The van der Waals surface area contributed by atoms with E-state index in [1.165, 1.54) is 48.3 Å². The van der Waals surface area contributed by atoms with Crippen molar-refractivity contribution in [2.24, 2.45) is 0 Å². The van der Waals surface area contributed by atoms with Gasteiger partial charge in [-0.25, -0.2) is 9.48 Å². The van der Waals surface area contributed by atoms with Crippen LogP contribution in [0.1, 0.15) is 5.56 Å². The average Bonchev–Trinajstić information content (AvgIpc) is 3.06. The van der Waals surface area contributed by atoms with Gasteiger partial charge in [0, 0.05) is 33.1 Å². The number of nitrogens with zero attached hydrogens (tertiary/aromatic N) is 3. The van der Waals surface area contributed by atoms with Gasteiger partial charge >= 0.3 is 12.2 Å². The molecule has 0 atom stereocenters. The molecule has 0 aliphatic heterocycles. The molecule has 1 heterocycles. The van der Waals surface area contributed by atoms with Crippen molar-refractivity contribution in [3.63, 3.8) is 0 Å². The molecule has 1 aromatic heterocycles. The number of anilines is 1. The number of ether oxygens (including phenoxy) is 1. The number of halogens is 3. The fourth-order valence-corrected chi connectivity index (χ4v) is 1.98. The average molecular weight is 342 g/mol. The van der Waals surface area contributed by atoms with Crippen LogP contribution in [-0.4, -0.2) is 48.0 Å². The van der Waals surface area contributed by atoms with Crippen LogP contribution in [0.15, 0.2) is 36.7 Å². The second-order valence-electron chi connectivity index (χ2n) is 5.02. The number of aromatic nitrogens is 2. The molecule has 0 radical (unpaired) electrons. The summed E-state index contributed by atoms with van der Waals surface area (Å²) >= 11 is 0. The number of amides is 2. The quantitative estimate of drug-likeness (QED) is 0.909. The lowest BCUT2D eigenvalue weighted by Crippen LogP contribution is -2.34. The fraction of sp³-hybridized carbons (Fsp3) is 0.333. The Morgan fingerprint density at radius 2 is 2.17 bits per heavy atom. The van der Waals surface area contributed by atoms with Gasteiger partial charge in [-0.05, 0) is 24.3 Å². The highest BCUT2D eigenvalue weighted by molar-refractivity contribution is 5.90. The number of rotatable bonds is 5. The van der Waals surface area contributed by atoms with Crippen LogP contribution in [0.4, 0.5) is 23.7 Å². The minimum Gasteiger partial charge on any atom is -0.383 e. The number of hydrogen-bond donors (Lipinski definition) is 1. The van der Waals surface area contributed by atoms with Crippen molar-refractivity contribution in [1.82, 2.24) is 14.7 Å². The summed E-state index contributed by atoms with van der Waals surface area (Å²) in [5, 5.41) is 6.18. The molecule has 0 unspecified atom stereocenters. The Morgan fingerprint density at radius 3 is 2.75 bits per heavy atom. The predicted molar refractivity (Wildman–Crippen MR) is 82.1 cm³/mol. The Morgan fingerprint density at radius 1 is 1.42 bits per heavy atom. The van der Waals surface area contributed by atoms with E-state index in [2.05, 4.69) is 10.4 Å². The summed E-state index contributed by atoms with van der Waals surface area (Å²) in [5.41, 5.74) is -1.00. The maximum absolute atomic E-state index is 13.3. The van der Waals surface area contributed by atoms with E-state index >= 15 is 0 Å². The lowest BCUT2D eigenvalue weighted by molar-refractivity contribution is -0.136. The smallest absolute Gasteiger partial charge is 0.383 e. The van der Waals surface area contributed by atoms with Crippen molar-refractivity contribution >= 4 is 11.7 Å². The SMILES string of the molecule is COCCN(C)C(=O)Nc1ccc(-n2cccn2)cc1C(F)(F)F. The molecule has 24 heavy (non-hydrogen) atoms. The van der Waals surface area contributed by atoms with Gasteiger partial charge in [-0.15, -0.1) is 0 Å². The van der Waals surface area contributed by atoms with E-state index in [0.29, 0.717) is 0 Å². The number of carbonyl (C=O) groups excluding carboxylic acids is 1. The topological polar surface area (TPSA) is 59.4 Å². The summed E-state index contributed by atoms with van der Waals surface area (Å²) < 4.78 is 46.1. The predicted octanol–water partition coefficient (Wildman–Crippen LogP) is 3.00. The second-order valence-corrected chi connectivity index (χ2v) is 5.02. The first-order chi connectivity index (χ1) is 11.3. The number of benzene rings is 1. The van der Waals surface area contributed by atoms with Crippen LogP contribution in [0.5, 0.6) is 0 Å². The highest BCUT2D eigenvalue weighted by Gasteiger charge is 2.34. The zero-order valence-electron chi connectivity index (χ0n) is 13.2. The summed E-state index contributed by atoms with van der Waals surface area (Å²) in [7, 11) is 2.95. The number of hydrogen-bond acceptors (Lipinski definition) is 3. The zero-order chi connectivity index (χ0) is 17.7. The Kier molecular flexibility index (Phi) is 5.45. The van der Waals surface area contributed by atoms with Crippen molar-refractivity contribution < 1.29 is 22.7 Å². The Hall–Kier alpha value is -2.55. The van der Waals surface area contributed by atoms with Crippen molar-refractivity contribution in [3.8, 4) is 5.69 Å². The zero-order valence-corrected chi connectivity index (χ0v) is 13.2. The number of methoxy groups -OCH3 is 1. The molecular weight excluding hydrogens is 325 g/mol.